The third-order valence-corrected chi connectivity index (χ3v) is 4.96. The first-order chi connectivity index (χ1) is 13.9. The SMILES string of the molecule is CCc1ccccc1N1C[C@@H](C(=O)OCC(=O)Nc2ccc(F)c(Cl)c2)CC1=O. The van der Waals surface area contributed by atoms with Gasteiger partial charge in [-0.15, -0.1) is 0 Å². The molecular formula is C21H20ClFN2O4. The lowest BCUT2D eigenvalue weighted by atomic mass is 10.1. The third-order valence-electron chi connectivity index (χ3n) is 4.67. The summed E-state index contributed by atoms with van der Waals surface area (Å²) in [6.45, 7) is 1.70. The number of nitrogens with one attached hydrogen (secondary N) is 1. The van der Waals surface area contributed by atoms with E-state index in [1.165, 1.54) is 12.1 Å². The maximum Gasteiger partial charge on any atom is 0.311 e. The molecule has 8 heteroatoms. The normalized spacial score (nSPS) is 16.0. The van der Waals surface area contributed by atoms with E-state index < -0.39 is 30.2 Å². The van der Waals surface area contributed by atoms with Crippen molar-refractivity contribution in [2.45, 2.75) is 19.8 Å². The van der Waals surface area contributed by atoms with Gasteiger partial charge in [-0.1, -0.05) is 36.7 Å². The van der Waals surface area contributed by atoms with Crippen molar-refractivity contribution in [1.29, 1.82) is 0 Å². The number of carbonyl (C=O) groups excluding carboxylic acids is 3. The summed E-state index contributed by atoms with van der Waals surface area (Å²) in [6.07, 6.45) is 0.800. The molecule has 2 amide bonds. The molecule has 0 aliphatic carbocycles. The molecule has 0 spiro atoms. The van der Waals surface area contributed by atoms with Gasteiger partial charge in [0.2, 0.25) is 5.91 Å². The molecule has 1 N–H and O–H groups in total. The van der Waals surface area contributed by atoms with Gasteiger partial charge >= 0.3 is 5.97 Å². The Morgan fingerprint density at radius 3 is 2.76 bits per heavy atom. The van der Waals surface area contributed by atoms with Crippen molar-refractivity contribution in [1.82, 2.24) is 0 Å². The van der Waals surface area contributed by atoms with Crippen LogP contribution in [0, 0.1) is 11.7 Å². The first-order valence-electron chi connectivity index (χ1n) is 9.18. The summed E-state index contributed by atoms with van der Waals surface area (Å²) >= 11 is 5.66. The van der Waals surface area contributed by atoms with Crippen LogP contribution in [0.15, 0.2) is 42.5 Å². The second-order valence-corrected chi connectivity index (χ2v) is 7.08. The summed E-state index contributed by atoms with van der Waals surface area (Å²) in [7, 11) is 0. The summed E-state index contributed by atoms with van der Waals surface area (Å²) in [5.41, 5.74) is 2.10. The molecule has 0 saturated carbocycles. The van der Waals surface area contributed by atoms with Crippen LogP contribution in [0.1, 0.15) is 18.9 Å². The van der Waals surface area contributed by atoms with Gasteiger partial charge in [0.1, 0.15) is 5.82 Å². The number of aryl methyl sites for hydroxylation is 1. The van der Waals surface area contributed by atoms with E-state index in [-0.39, 0.29) is 29.6 Å². The van der Waals surface area contributed by atoms with Crippen molar-refractivity contribution >= 4 is 40.8 Å². The summed E-state index contributed by atoms with van der Waals surface area (Å²) in [4.78, 5) is 38.3. The summed E-state index contributed by atoms with van der Waals surface area (Å²) in [5, 5.41) is 2.34. The van der Waals surface area contributed by atoms with Crippen LogP contribution < -0.4 is 10.2 Å². The van der Waals surface area contributed by atoms with E-state index in [0.717, 1.165) is 23.7 Å². The summed E-state index contributed by atoms with van der Waals surface area (Å²) in [6, 6.07) is 11.3. The smallest absolute Gasteiger partial charge is 0.311 e. The largest absolute Gasteiger partial charge is 0.455 e. The van der Waals surface area contributed by atoms with E-state index in [2.05, 4.69) is 5.32 Å². The standard InChI is InChI=1S/C21H20ClFN2O4/c1-2-13-5-3-4-6-18(13)25-11-14(9-20(25)27)21(28)29-12-19(26)24-15-7-8-17(23)16(22)10-15/h3-8,10,14H,2,9,11-12H2,1H3,(H,24,26)/t14-/m0/s1. The number of para-hydroxylation sites is 1. The van der Waals surface area contributed by atoms with Crippen LogP contribution in [0.2, 0.25) is 5.02 Å². The lowest BCUT2D eigenvalue weighted by Crippen LogP contribution is -2.28. The Morgan fingerprint density at radius 2 is 2.03 bits per heavy atom. The fourth-order valence-electron chi connectivity index (χ4n) is 3.20. The van der Waals surface area contributed by atoms with Gasteiger partial charge in [-0.2, -0.15) is 0 Å². The molecule has 1 aliphatic heterocycles. The average Bonchev–Trinajstić information content (AvgIpc) is 3.10. The minimum atomic E-state index is -0.638. The number of benzene rings is 2. The van der Waals surface area contributed by atoms with Gasteiger partial charge in [-0.3, -0.25) is 14.4 Å². The fraction of sp³-hybridized carbons (Fsp3) is 0.286. The molecule has 1 saturated heterocycles. The van der Waals surface area contributed by atoms with E-state index in [1.54, 1.807) is 4.90 Å². The number of anilines is 2. The van der Waals surface area contributed by atoms with Crippen LogP contribution in [0.3, 0.4) is 0 Å². The molecule has 1 aliphatic rings. The molecule has 1 fully saturated rings. The van der Waals surface area contributed by atoms with Crippen molar-refractivity contribution in [2.24, 2.45) is 5.92 Å². The van der Waals surface area contributed by atoms with Gasteiger partial charge in [0.05, 0.1) is 10.9 Å². The molecule has 2 aromatic carbocycles. The number of carbonyl (C=O) groups is 3. The Balaban J connectivity index is 1.55. The zero-order valence-electron chi connectivity index (χ0n) is 15.8. The molecule has 0 unspecified atom stereocenters. The molecule has 0 radical (unpaired) electrons. The topological polar surface area (TPSA) is 75.7 Å². The van der Waals surface area contributed by atoms with Crippen LogP contribution in [0.4, 0.5) is 15.8 Å². The van der Waals surface area contributed by atoms with Crippen molar-refractivity contribution < 1.29 is 23.5 Å². The van der Waals surface area contributed by atoms with Gasteiger partial charge < -0.3 is 15.0 Å². The highest BCUT2D eigenvalue weighted by Crippen LogP contribution is 2.29. The Bertz CT molecular complexity index is 950. The van der Waals surface area contributed by atoms with Crippen LogP contribution in [-0.4, -0.2) is 30.9 Å². The second-order valence-electron chi connectivity index (χ2n) is 6.67. The lowest BCUT2D eigenvalue weighted by molar-refractivity contribution is -0.151. The Hall–Kier alpha value is -2.93. The van der Waals surface area contributed by atoms with Gasteiger partial charge in [0, 0.05) is 24.3 Å². The van der Waals surface area contributed by atoms with Gasteiger partial charge in [0.25, 0.3) is 5.91 Å². The molecule has 1 atom stereocenters. The monoisotopic (exact) mass is 418 g/mol. The number of esters is 1. The van der Waals surface area contributed by atoms with Gasteiger partial charge in [0.15, 0.2) is 6.61 Å². The van der Waals surface area contributed by atoms with Crippen molar-refractivity contribution in [3.63, 3.8) is 0 Å². The summed E-state index contributed by atoms with van der Waals surface area (Å²) < 4.78 is 18.2. The number of nitrogens with zero attached hydrogens (tertiary/aromatic N) is 1. The highest BCUT2D eigenvalue weighted by molar-refractivity contribution is 6.31. The average molecular weight is 419 g/mol. The van der Waals surface area contributed by atoms with E-state index >= 15 is 0 Å². The predicted octanol–water partition coefficient (Wildman–Crippen LogP) is 3.58. The van der Waals surface area contributed by atoms with E-state index in [9.17, 15) is 18.8 Å². The van der Waals surface area contributed by atoms with Crippen molar-refractivity contribution in [3.05, 3.63) is 58.9 Å². The number of hydrogen-bond donors (Lipinski definition) is 1. The van der Waals surface area contributed by atoms with Crippen LogP contribution >= 0.6 is 11.6 Å². The maximum absolute atomic E-state index is 13.2. The molecule has 6 nitrogen and oxygen atoms in total. The number of ether oxygens (including phenoxy) is 1. The zero-order valence-corrected chi connectivity index (χ0v) is 16.5. The predicted molar refractivity (Wildman–Crippen MR) is 107 cm³/mol. The van der Waals surface area contributed by atoms with Crippen LogP contribution in [0.5, 0.6) is 0 Å². The number of amides is 2. The Morgan fingerprint density at radius 1 is 1.28 bits per heavy atom. The fourth-order valence-corrected chi connectivity index (χ4v) is 3.38. The molecular weight excluding hydrogens is 399 g/mol. The number of halogens is 2. The molecule has 1 heterocycles. The maximum atomic E-state index is 13.2. The molecule has 0 bridgehead atoms. The van der Waals surface area contributed by atoms with Crippen LogP contribution in [-0.2, 0) is 25.5 Å². The number of rotatable bonds is 6. The van der Waals surface area contributed by atoms with E-state index in [0.29, 0.717) is 0 Å². The quantitative estimate of drug-likeness (QED) is 0.727. The van der Waals surface area contributed by atoms with Gasteiger partial charge in [-0.05, 0) is 36.2 Å². The van der Waals surface area contributed by atoms with Crippen molar-refractivity contribution in [3.8, 4) is 0 Å². The molecule has 0 aromatic heterocycles. The second kappa shape index (κ2) is 9.05. The molecule has 3 rings (SSSR count). The van der Waals surface area contributed by atoms with E-state index in [1.807, 2.05) is 31.2 Å². The molecule has 152 valence electrons. The third kappa shape index (κ3) is 4.92. The van der Waals surface area contributed by atoms with Gasteiger partial charge in [-0.25, -0.2) is 4.39 Å². The molecule has 2 aromatic rings. The highest BCUT2D eigenvalue weighted by atomic mass is 35.5. The first kappa shape index (κ1) is 20.8. The Kier molecular flexibility index (Phi) is 6.49. The van der Waals surface area contributed by atoms with E-state index in [4.69, 9.17) is 16.3 Å². The minimum absolute atomic E-state index is 0.0338. The van der Waals surface area contributed by atoms with Crippen molar-refractivity contribution in [2.75, 3.05) is 23.4 Å². The summed E-state index contributed by atoms with van der Waals surface area (Å²) in [5.74, 6) is -2.59. The lowest BCUT2D eigenvalue weighted by Gasteiger charge is -2.19. The minimum Gasteiger partial charge on any atom is -0.455 e. The van der Waals surface area contributed by atoms with Crippen LogP contribution in [0.25, 0.3) is 0 Å². The zero-order chi connectivity index (χ0) is 21.0. The first-order valence-corrected chi connectivity index (χ1v) is 9.56. The number of hydrogen-bond acceptors (Lipinski definition) is 4. The molecule has 29 heavy (non-hydrogen) atoms. The Labute approximate surface area is 172 Å². The highest BCUT2D eigenvalue weighted by Gasteiger charge is 2.37.